The average molecular weight is 408 g/mol. The summed E-state index contributed by atoms with van der Waals surface area (Å²) in [4.78, 5) is 25.1. The third-order valence-corrected chi connectivity index (χ3v) is 5.32. The van der Waals surface area contributed by atoms with Gasteiger partial charge < -0.3 is 14.7 Å². The summed E-state index contributed by atoms with van der Waals surface area (Å²) in [5.74, 6) is -2.65. The number of ether oxygens (including phenoxy) is 1. The molecule has 27 heavy (non-hydrogen) atoms. The van der Waals surface area contributed by atoms with E-state index in [1.165, 1.54) is 5.56 Å². The first kappa shape index (κ1) is 21.6. The molecule has 1 amide bonds. The molecule has 0 radical (unpaired) electrons. The Hall–Kier alpha value is -1.65. The monoisotopic (exact) mass is 408 g/mol. The molecular formula is C17H23F3N2O4S. The van der Waals surface area contributed by atoms with E-state index in [-0.39, 0.29) is 18.1 Å². The molecule has 0 saturated carbocycles. The number of halogens is 3. The van der Waals surface area contributed by atoms with Crippen molar-refractivity contribution in [2.75, 3.05) is 20.6 Å². The van der Waals surface area contributed by atoms with Gasteiger partial charge in [-0.05, 0) is 41.7 Å². The van der Waals surface area contributed by atoms with Crippen molar-refractivity contribution in [2.45, 2.75) is 50.2 Å². The van der Waals surface area contributed by atoms with Gasteiger partial charge in [0.1, 0.15) is 6.10 Å². The smallest absolute Gasteiger partial charge is 0.475 e. The van der Waals surface area contributed by atoms with Crippen molar-refractivity contribution in [1.82, 2.24) is 9.80 Å². The molecule has 3 atom stereocenters. The van der Waals surface area contributed by atoms with Crippen molar-refractivity contribution < 1.29 is 32.6 Å². The first-order valence-electron chi connectivity index (χ1n) is 8.51. The molecule has 0 bridgehead atoms. The zero-order chi connectivity index (χ0) is 20.2. The topological polar surface area (TPSA) is 70.1 Å². The van der Waals surface area contributed by atoms with E-state index in [0.717, 1.165) is 32.4 Å². The molecule has 2 fully saturated rings. The van der Waals surface area contributed by atoms with Crippen LogP contribution in [0.1, 0.15) is 24.8 Å². The van der Waals surface area contributed by atoms with Gasteiger partial charge in [-0.25, -0.2) is 4.79 Å². The number of alkyl halides is 3. The number of nitrogens with zero attached hydrogens (tertiary/aromatic N) is 2. The number of thiophene rings is 1. The molecular weight excluding hydrogens is 385 g/mol. The second-order valence-electron chi connectivity index (χ2n) is 6.73. The number of likely N-dealkylation sites (N-methyl/N-ethyl adjacent to an activating group) is 1. The van der Waals surface area contributed by atoms with Crippen molar-refractivity contribution in [1.29, 1.82) is 0 Å². The zero-order valence-electron chi connectivity index (χ0n) is 15.1. The summed E-state index contributed by atoms with van der Waals surface area (Å²) >= 11 is 1.75. The molecule has 1 N–H and O–H groups in total. The van der Waals surface area contributed by atoms with Crippen LogP contribution in [0.5, 0.6) is 0 Å². The molecule has 2 aliphatic heterocycles. The molecule has 0 unspecified atom stereocenters. The Kier molecular flexibility index (Phi) is 7.24. The summed E-state index contributed by atoms with van der Waals surface area (Å²) in [6, 6.07) is 2.68. The molecule has 10 heteroatoms. The fourth-order valence-corrected chi connectivity index (χ4v) is 3.96. The molecule has 3 rings (SSSR count). The molecule has 0 spiro atoms. The fourth-order valence-electron chi connectivity index (χ4n) is 3.30. The number of carboxylic acids is 1. The Morgan fingerprint density at radius 1 is 1.33 bits per heavy atom. The second kappa shape index (κ2) is 9.03. The Morgan fingerprint density at radius 3 is 2.52 bits per heavy atom. The van der Waals surface area contributed by atoms with Crippen LogP contribution in [0.25, 0.3) is 0 Å². The van der Waals surface area contributed by atoms with Gasteiger partial charge in [-0.15, -0.1) is 0 Å². The maximum atomic E-state index is 12.0. The maximum absolute atomic E-state index is 12.0. The largest absolute Gasteiger partial charge is 0.490 e. The van der Waals surface area contributed by atoms with Crippen LogP contribution in [-0.4, -0.2) is 71.8 Å². The van der Waals surface area contributed by atoms with Crippen molar-refractivity contribution in [2.24, 2.45) is 0 Å². The normalized spacial score (nSPS) is 25.3. The predicted molar refractivity (Wildman–Crippen MR) is 93.4 cm³/mol. The molecule has 1 aromatic heterocycles. The number of carbonyl (C=O) groups excluding carboxylic acids is 1. The molecule has 2 aliphatic rings. The van der Waals surface area contributed by atoms with Gasteiger partial charge >= 0.3 is 12.1 Å². The van der Waals surface area contributed by atoms with Crippen LogP contribution in [0.4, 0.5) is 13.2 Å². The van der Waals surface area contributed by atoms with E-state index in [0.29, 0.717) is 6.04 Å². The minimum Gasteiger partial charge on any atom is -0.475 e. The number of likely N-dealkylation sites (tertiary alicyclic amines) is 1. The Morgan fingerprint density at radius 2 is 2.00 bits per heavy atom. The van der Waals surface area contributed by atoms with Gasteiger partial charge in [-0.2, -0.15) is 24.5 Å². The van der Waals surface area contributed by atoms with Crippen molar-refractivity contribution >= 4 is 23.2 Å². The van der Waals surface area contributed by atoms with E-state index >= 15 is 0 Å². The van der Waals surface area contributed by atoms with Crippen LogP contribution >= 0.6 is 11.3 Å². The summed E-state index contributed by atoms with van der Waals surface area (Å²) < 4.78 is 37.8. The number of amides is 1. The summed E-state index contributed by atoms with van der Waals surface area (Å²) in [6.07, 6.45) is -2.12. The maximum Gasteiger partial charge on any atom is 0.490 e. The van der Waals surface area contributed by atoms with E-state index in [1.807, 2.05) is 0 Å². The number of fused-ring (bicyclic) bond motifs is 1. The SMILES string of the molecule is CN(C)C(=O)[C@H]1CC[C@@H]2[C@@H](CCN2Cc2ccsc2)O1.O=C(O)C(F)(F)F. The Bertz CT molecular complexity index is 637. The van der Waals surface area contributed by atoms with Gasteiger partial charge in [0.05, 0.1) is 6.10 Å². The summed E-state index contributed by atoms with van der Waals surface area (Å²) in [5.41, 5.74) is 1.39. The molecule has 1 aromatic rings. The average Bonchev–Trinajstić information content (AvgIpc) is 3.24. The second-order valence-corrected chi connectivity index (χ2v) is 7.51. The lowest BCUT2D eigenvalue weighted by Gasteiger charge is -2.36. The summed E-state index contributed by atoms with van der Waals surface area (Å²) in [7, 11) is 3.60. The van der Waals surface area contributed by atoms with Gasteiger partial charge in [0.2, 0.25) is 0 Å². The Labute approximate surface area is 159 Å². The van der Waals surface area contributed by atoms with Crippen LogP contribution in [0, 0.1) is 0 Å². The van der Waals surface area contributed by atoms with E-state index in [1.54, 1.807) is 30.3 Å². The van der Waals surface area contributed by atoms with Crippen molar-refractivity contribution in [3.8, 4) is 0 Å². The number of rotatable bonds is 3. The van der Waals surface area contributed by atoms with Crippen LogP contribution in [0.2, 0.25) is 0 Å². The highest BCUT2D eigenvalue weighted by Gasteiger charge is 2.42. The van der Waals surface area contributed by atoms with Crippen LogP contribution in [0.15, 0.2) is 16.8 Å². The number of hydrogen-bond donors (Lipinski definition) is 1. The third kappa shape index (κ3) is 5.91. The highest BCUT2D eigenvalue weighted by molar-refractivity contribution is 7.07. The summed E-state index contributed by atoms with van der Waals surface area (Å²) in [6.45, 7) is 2.09. The van der Waals surface area contributed by atoms with Crippen LogP contribution in [-0.2, 0) is 20.9 Å². The highest BCUT2D eigenvalue weighted by atomic mass is 32.1. The van der Waals surface area contributed by atoms with E-state index in [4.69, 9.17) is 14.6 Å². The quantitative estimate of drug-likeness (QED) is 0.833. The van der Waals surface area contributed by atoms with Crippen LogP contribution in [0.3, 0.4) is 0 Å². The summed E-state index contributed by atoms with van der Waals surface area (Å²) in [5, 5.41) is 11.5. The minimum absolute atomic E-state index is 0.111. The first-order chi connectivity index (χ1) is 12.6. The fraction of sp³-hybridized carbons (Fsp3) is 0.647. The van der Waals surface area contributed by atoms with Crippen molar-refractivity contribution in [3.05, 3.63) is 22.4 Å². The van der Waals surface area contributed by atoms with Gasteiger partial charge in [-0.1, -0.05) is 0 Å². The third-order valence-electron chi connectivity index (χ3n) is 4.59. The van der Waals surface area contributed by atoms with Crippen LogP contribution < -0.4 is 0 Å². The number of carboxylic acid groups (broad SMARTS) is 1. The Balaban J connectivity index is 0.000000321. The predicted octanol–water partition coefficient (Wildman–Crippen LogP) is 2.59. The number of hydrogen-bond acceptors (Lipinski definition) is 5. The van der Waals surface area contributed by atoms with E-state index < -0.39 is 12.1 Å². The van der Waals surface area contributed by atoms with Gasteiger partial charge in [0.25, 0.3) is 5.91 Å². The standard InChI is InChI=1S/C15H22N2O2S.C2HF3O2/c1-16(2)15(18)14-4-3-12-13(19-14)5-7-17(12)9-11-6-8-20-10-11;3-2(4,5)1(6)7/h6,8,10,12-14H,3-5,7,9H2,1-2H3;(H,6,7)/t12-,13-,14-;/m1./s1. The highest BCUT2D eigenvalue weighted by Crippen LogP contribution is 2.33. The van der Waals surface area contributed by atoms with Gasteiger partial charge in [-0.3, -0.25) is 9.69 Å². The minimum atomic E-state index is -5.08. The molecule has 0 aromatic carbocycles. The number of aliphatic carboxylic acids is 1. The first-order valence-corrected chi connectivity index (χ1v) is 9.45. The van der Waals surface area contributed by atoms with Gasteiger partial charge in [0, 0.05) is 33.2 Å². The number of carbonyl (C=O) groups is 2. The zero-order valence-corrected chi connectivity index (χ0v) is 15.9. The molecule has 152 valence electrons. The molecule has 2 saturated heterocycles. The molecule has 3 heterocycles. The van der Waals surface area contributed by atoms with Gasteiger partial charge in [0.15, 0.2) is 0 Å². The van der Waals surface area contributed by atoms with E-state index in [2.05, 4.69) is 21.7 Å². The molecule has 0 aliphatic carbocycles. The lowest BCUT2D eigenvalue weighted by atomic mass is 9.98. The lowest BCUT2D eigenvalue weighted by molar-refractivity contribution is -0.192. The lowest BCUT2D eigenvalue weighted by Crippen LogP contribution is -2.47. The van der Waals surface area contributed by atoms with Crippen molar-refractivity contribution in [3.63, 3.8) is 0 Å². The molecule has 6 nitrogen and oxygen atoms in total. The van der Waals surface area contributed by atoms with E-state index in [9.17, 15) is 18.0 Å².